The van der Waals surface area contributed by atoms with E-state index in [0.717, 1.165) is 42.8 Å². The summed E-state index contributed by atoms with van der Waals surface area (Å²) in [5, 5.41) is 14.2. The second kappa shape index (κ2) is 9.30. The summed E-state index contributed by atoms with van der Waals surface area (Å²) < 4.78 is 0. The van der Waals surface area contributed by atoms with Gasteiger partial charge in [-0.05, 0) is 62.8 Å². The number of hydrogen-bond donors (Lipinski definition) is 2. The number of likely N-dealkylation sites (tertiary alicyclic amines) is 1. The first kappa shape index (κ1) is 20.5. The van der Waals surface area contributed by atoms with Gasteiger partial charge in [-0.2, -0.15) is 0 Å². The fourth-order valence-electron chi connectivity index (χ4n) is 4.00. The Kier molecular flexibility index (Phi) is 6.81. The molecule has 2 heterocycles. The summed E-state index contributed by atoms with van der Waals surface area (Å²) in [4.78, 5) is 19.1. The van der Waals surface area contributed by atoms with Gasteiger partial charge in [0.15, 0.2) is 5.60 Å². The molecule has 1 aliphatic heterocycles. The molecular formula is C23H31N3O2. The second-order valence-electron chi connectivity index (χ2n) is 7.88. The van der Waals surface area contributed by atoms with Crippen molar-refractivity contribution < 1.29 is 9.90 Å². The lowest BCUT2D eigenvalue weighted by atomic mass is 9.91. The molecule has 1 aromatic carbocycles. The van der Waals surface area contributed by atoms with Gasteiger partial charge in [0.05, 0.1) is 0 Å². The minimum absolute atomic E-state index is 0.138. The third-order valence-corrected chi connectivity index (χ3v) is 5.33. The van der Waals surface area contributed by atoms with Gasteiger partial charge < -0.3 is 15.3 Å². The van der Waals surface area contributed by atoms with Crippen LogP contribution in [0.5, 0.6) is 0 Å². The third-order valence-electron chi connectivity index (χ3n) is 5.33. The molecule has 5 heteroatoms. The van der Waals surface area contributed by atoms with Gasteiger partial charge in [0.25, 0.3) is 5.91 Å². The zero-order chi connectivity index (χ0) is 20.0. The quantitative estimate of drug-likeness (QED) is 0.738. The molecule has 1 atom stereocenters. The van der Waals surface area contributed by atoms with Crippen LogP contribution in [0.3, 0.4) is 0 Å². The molecule has 1 saturated heterocycles. The molecule has 5 nitrogen and oxygen atoms in total. The van der Waals surface area contributed by atoms with E-state index < -0.39 is 5.60 Å². The first-order valence-electron chi connectivity index (χ1n) is 10.2. The Balaban J connectivity index is 1.50. The molecule has 0 saturated carbocycles. The van der Waals surface area contributed by atoms with Crippen LogP contribution in [-0.4, -0.2) is 46.1 Å². The topological polar surface area (TPSA) is 65.5 Å². The molecule has 1 amide bonds. The number of nitrogens with zero attached hydrogens (tertiary/aromatic N) is 2. The first-order valence-corrected chi connectivity index (χ1v) is 10.2. The van der Waals surface area contributed by atoms with Gasteiger partial charge in [0, 0.05) is 37.6 Å². The number of nitrogens with one attached hydrogen (secondary N) is 1. The highest BCUT2D eigenvalue weighted by molar-refractivity contribution is 5.86. The van der Waals surface area contributed by atoms with Crippen molar-refractivity contribution in [2.75, 3.05) is 19.6 Å². The summed E-state index contributed by atoms with van der Waals surface area (Å²) in [5.74, 6) is -0.138. The van der Waals surface area contributed by atoms with Crippen molar-refractivity contribution in [3.05, 3.63) is 65.0 Å². The van der Waals surface area contributed by atoms with Crippen LogP contribution < -0.4 is 5.32 Å². The van der Waals surface area contributed by atoms with Crippen molar-refractivity contribution in [2.45, 2.75) is 51.7 Å². The Morgan fingerprint density at radius 1 is 1.14 bits per heavy atom. The lowest BCUT2D eigenvalue weighted by Crippen LogP contribution is -2.58. The number of aromatic nitrogens is 1. The largest absolute Gasteiger partial charge is 0.379 e. The average Bonchev–Trinajstić information content (AvgIpc) is 2.65. The number of piperidine rings is 1. The molecule has 0 bridgehead atoms. The van der Waals surface area contributed by atoms with Crippen molar-refractivity contribution in [2.24, 2.45) is 0 Å². The van der Waals surface area contributed by atoms with E-state index >= 15 is 0 Å². The van der Waals surface area contributed by atoms with Crippen LogP contribution in [0.4, 0.5) is 0 Å². The molecule has 150 valence electrons. The number of hydrogen-bond acceptors (Lipinski definition) is 4. The molecule has 2 N–H and O–H groups in total. The van der Waals surface area contributed by atoms with E-state index in [1.807, 2.05) is 49.1 Å². The maximum Gasteiger partial charge on any atom is 0.255 e. The van der Waals surface area contributed by atoms with E-state index in [0.29, 0.717) is 19.5 Å². The van der Waals surface area contributed by atoms with Crippen LogP contribution in [0.25, 0.3) is 0 Å². The minimum Gasteiger partial charge on any atom is -0.379 e. The number of aryl methyl sites for hydroxylation is 3. The Bertz CT molecular complexity index is 773. The minimum atomic E-state index is -1.30. The third kappa shape index (κ3) is 5.40. The molecule has 0 unspecified atom stereocenters. The Morgan fingerprint density at radius 3 is 2.57 bits per heavy atom. The molecule has 0 radical (unpaired) electrons. The predicted molar refractivity (Wildman–Crippen MR) is 111 cm³/mol. The van der Waals surface area contributed by atoms with Crippen molar-refractivity contribution in [3.63, 3.8) is 0 Å². The monoisotopic (exact) mass is 381 g/mol. The highest BCUT2D eigenvalue weighted by Gasteiger charge is 2.41. The summed E-state index contributed by atoms with van der Waals surface area (Å²) in [5.41, 5.74) is 3.06. The molecule has 2 aromatic rings. The normalized spacial score (nSPS) is 19.8. The van der Waals surface area contributed by atoms with Crippen LogP contribution in [0, 0.1) is 13.8 Å². The van der Waals surface area contributed by atoms with E-state index in [9.17, 15) is 9.90 Å². The zero-order valence-corrected chi connectivity index (χ0v) is 16.9. The SMILES string of the molecule is Cc1cc(CNC[C@@]2(O)CCCN(CCCc3ccccc3)C2=O)cc(C)n1. The van der Waals surface area contributed by atoms with Gasteiger partial charge in [0.2, 0.25) is 0 Å². The fraction of sp³-hybridized carbons (Fsp3) is 0.478. The van der Waals surface area contributed by atoms with Gasteiger partial charge in [-0.3, -0.25) is 9.78 Å². The van der Waals surface area contributed by atoms with E-state index in [1.54, 1.807) is 0 Å². The van der Waals surface area contributed by atoms with Gasteiger partial charge in [0.1, 0.15) is 0 Å². The lowest BCUT2D eigenvalue weighted by molar-refractivity contribution is -0.156. The van der Waals surface area contributed by atoms with Crippen molar-refractivity contribution in [3.8, 4) is 0 Å². The van der Waals surface area contributed by atoms with Gasteiger partial charge in [-0.25, -0.2) is 0 Å². The number of benzene rings is 1. The Hall–Kier alpha value is -2.24. The van der Waals surface area contributed by atoms with E-state index in [2.05, 4.69) is 22.4 Å². The zero-order valence-electron chi connectivity index (χ0n) is 16.9. The number of rotatable bonds is 8. The maximum atomic E-state index is 12.9. The highest BCUT2D eigenvalue weighted by Crippen LogP contribution is 2.23. The van der Waals surface area contributed by atoms with Crippen LogP contribution in [0.1, 0.15) is 41.8 Å². The molecule has 1 aromatic heterocycles. The van der Waals surface area contributed by atoms with E-state index in [1.165, 1.54) is 5.56 Å². The molecule has 1 fully saturated rings. The van der Waals surface area contributed by atoms with Gasteiger partial charge in [-0.15, -0.1) is 0 Å². The first-order chi connectivity index (χ1) is 13.5. The summed E-state index contributed by atoms with van der Waals surface area (Å²) in [6.07, 6.45) is 3.21. The number of pyridine rings is 1. The fourth-order valence-corrected chi connectivity index (χ4v) is 4.00. The van der Waals surface area contributed by atoms with Crippen LogP contribution >= 0.6 is 0 Å². The Labute approximate surface area is 167 Å². The molecule has 0 spiro atoms. The van der Waals surface area contributed by atoms with Crippen LogP contribution in [-0.2, 0) is 17.8 Å². The summed E-state index contributed by atoms with van der Waals surface area (Å²) in [6.45, 7) is 6.27. The van der Waals surface area contributed by atoms with Crippen LogP contribution in [0.15, 0.2) is 42.5 Å². The number of carbonyl (C=O) groups excluding carboxylic acids is 1. The number of carbonyl (C=O) groups is 1. The van der Waals surface area contributed by atoms with Crippen molar-refractivity contribution in [1.82, 2.24) is 15.2 Å². The molecule has 3 rings (SSSR count). The summed E-state index contributed by atoms with van der Waals surface area (Å²) in [6, 6.07) is 14.4. The predicted octanol–water partition coefficient (Wildman–Crippen LogP) is 2.77. The van der Waals surface area contributed by atoms with Crippen molar-refractivity contribution in [1.29, 1.82) is 0 Å². The summed E-state index contributed by atoms with van der Waals surface area (Å²) in [7, 11) is 0. The number of aliphatic hydroxyl groups is 1. The molecule has 1 aliphatic rings. The molecule has 0 aliphatic carbocycles. The number of amides is 1. The van der Waals surface area contributed by atoms with E-state index in [-0.39, 0.29) is 12.5 Å². The van der Waals surface area contributed by atoms with E-state index in [4.69, 9.17) is 0 Å². The maximum absolute atomic E-state index is 12.9. The van der Waals surface area contributed by atoms with Gasteiger partial charge in [-0.1, -0.05) is 30.3 Å². The molecular weight excluding hydrogens is 350 g/mol. The van der Waals surface area contributed by atoms with Crippen molar-refractivity contribution >= 4 is 5.91 Å². The second-order valence-corrected chi connectivity index (χ2v) is 7.88. The summed E-state index contributed by atoms with van der Waals surface area (Å²) >= 11 is 0. The standard InChI is InChI=1S/C23H31N3O2/c1-18-14-21(15-19(2)25-18)16-24-17-23(28)11-7-13-26(22(23)27)12-6-10-20-8-4-3-5-9-20/h3-5,8-9,14-15,24,28H,6-7,10-13,16-17H2,1-2H3/t23-/m0/s1. The Morgan fingerprint density at radius 2 is 1.86 bits per heavy atom. The smallest absolute Gasteiger partial charge is 0.255 e. The highest BCUT2D eigenvalue weighted by atomic mass is 16.3. The molecule has 28 heavy (non-hydrogen) atoms. The van der Waals surface area contributed by atoms with Gasteiger partial charge >= 0.3 is 0 Å². The average molecular weight is 382 g/mol. The van der Waals surface area contributed by atoms with Crippen LogP contribution in [0.2, 0.25) is 0 Å². The lowest BCUT2D eigenvalue weighted by Gasteiger charge is -2.38.